The molecule has 0 N–H and O–H groups in total. The second-order valence-electron chi connectivity index (χ2n) is 14.7. The number of rotatable bonds is 4. The van der Waals surface area contributed by atoms with Crippen molar-refractivity contribution >= 4 is 65.3 Å². The van der Waals surface area contributed by atoms with Crippen LogP contribution in [0.25, 0.3) is 98.8 Å². The molecular weight excluding hydrogens is 645 g/mol. The molecule has 0 saturated heterocycles. The lowest BCUT2D eigenvalue weighted by atomic mass is 9.81. The van der Waals surface area contributed by atoms with Crippen LogP contribution in [-0.4, -0.2) is 9.97 Å². The molecule has 10 aromatic rings. The van der Waals surface area contributed by atoms with E-state index in [1.54, 1.807) is 0 Å². The van der Waals surface area contributed by atoms with Gasteiger partial charge in [-0.2, -0.15) is 0 Å². The Labute approximate surface area is 307 Å². The summed E-state index contributed by atoms with van der Waals surface area (Å²) >= 11 is 0. The van der Waals surface area contributed by atoms with Gasteiger partial charge in [0.2, 0.25) is 0 Å². The molecular formula is C50H36N2O. The first kappa shape index (κ1) is 30.3. The zero-order valence-electron chi connectivity index (χ0n) is 29.3. The van der Waals surface area contributed by atoms with Gasteiger partial charge in [0, 0.05) is 38.2 Å². The van der Waals surface area contributed by atoms with Crippen LogP contribution in [0.2, 0.25) is 0 Å². The third kappa shape index (κ3) is 4.88. The highest BCUT2D eigenvalue weighted by atomic mass is 16.3. The number of hydrogen-bond acceptors (Lipinski definition) is 3. The van der Waals surface area contributed by atoms with Gasteiger partial charge in [0.05, 0.1) is 22.9 Å². The summed E-state index contributed by atoms with van der Waals surface area (Å²) < 4.78 is 7.03. The molecule has 0 spiro atoms. The number of nitrogens with zero attached hydrogens (tertiary/aromatic N) is 2. The van der Waals surface area contributed by atoms with E-state index in [9.17, 15) is 0 Å². The largest absolute Gasteiger partial charge is 0.455 e. The molecule has 3 nitrogen and oxygen atoms in total. The molecule has 0 atom stereocenters. The van der Waals surface area contributed by atoms with Crippen LogP contribution in [0.5, 0.6) is 0 Å². The van der Waals surface area contributed by atoms with Crippen molar-refractivity contribution in [1.29, 1.82) is 0 Å². The minimum atomic E-state index is 0.530. The topological polar surface area (TPSA) is 38.9 Å². The number of fused-ring (bicyclic) bond motifs is 10. The van der Waals surface area contributed by atoms with Crippen LogP contribution in [0, 0.1) is 0 Å². The highest BCUT2D eigenvalue weighted by Gasteiger charge is 2.24. The van der Waals surface area contributed by atoms with E-state index in [2.05, 4.69) is 146 Å². The van der Waals surface area contributed by atoms with Gasteiger partial charge in [-0.1, -0.05) is 147 Å². The number of benzene rings is 8. The van der Waals surface area contributed by atoms with E-state index in [4.69, 9.17) is 14.4 Å². The van der Waals surface area contributed by atoms with E-state index in [1.165, 1.54) is 70.0 Å². The van der Waals surface area contributed by atoms with Crippen molar-refractivity contribution in [2.24, 2.45) is 0 Å². The quantitative estimate of drug-likeness (QED) is 0.174. The minimum Gasteiger partial charge on any atom is -0.455 e. The normalized spacial score (nSPS) is 14.0. The van der Waals surface area contributed by atoms with Gasteiger partial charge in [-0.05, 0) is 75.2 Å². The molecule has 11 rings (SSSR count). The standard InChI is InChI=1S/C50H36N2O/c1-2-13-31(14-3-1)46-37-20-5-4-15-35(37)29-44-43-26-12-25-38(49(43)53-50(44)46)34-18-10-16-32(27-34)33-17-11-19-36(28-33)45-30-51-47-41-23-8-6-21-39(41)40-22-7-9-24-42(40)48(47)52-45/h4-12,15-31H,1-3,13-14H2. The van der Waals surface area contributed by atoms with Gasteiger partial charge >= 0.3 is 0 Å². The number of aromatic nitrogens is 2. The summed E-state index contributed by atoms with van der Waals surface area (Å²) in [6, 6.07) is 52.4. The summed E-state index contributed by atoms with van der Waals surface area (Å²) in [5.41, 5.74) is 11.8. The summed E-state index contributed by atoms with van der Waals surface area (Å²) in [6.45, 7) is 0. The average Bonchev–Trinajstić information content (AvgIpc) is 3.61. The lowest BCUT2D eigenvalue weighted by Crippen LogP contribution is -2.05. The zero-order valence-corrected chi connectivity index (χ0v) is 29.3. The third-order valence-corrected chi connectivity index (χ3v) is 11.7. The van der Waals surface area contributed by atoms with Gasteiger partial charge in [-0.15, -0.1) is 0 Å². The van der Waals surface area contributed by atoms with Crippen molar-refractivity contribution in [2.75, 3.05) is 0 Å². The Kier molecular flexibility index (Phi) is 6.94. The maximum Gasteiger partial charge on any atom is 0.143 e. The van der Waals surface area contributed by atoms with Gasteiger partial charge in [-0.3, -0.25) is 4.98 Å². The van der Waals surface area contributed by atoms with Crippen molar-refractivity contribution in [3.05, 3.63) is 157 Å². The number of para-hydroxylation sites is 1. The van der Waals surface area contributed by atoms with E-state index >= 15 is 0 Å². The van der Waals surface area contributed by atoms with Crippen LogP contribution in [0.1, 0.15) is 43.6 Å². The first-order valence-corrected chi connectivity index (χ1v) is 18.9. The van der Waals surface area contributed by atoms with Gasteiger partial charge in [0.1, 0.15) is 11.2 Å². The number of hydrogen-bond donors (Lipinski definition) is 0. The van der Waals surface area contributed by atoms with Gasteiger partial charge in [-0.25, -0.2) is 4.98 Å². The molecule has 2 heterocycles. The molecule has 1 aliphatic rings. The molecule has 252 valence electrons. The summed E-state index contributed by atoms with van der Waals surface area (Å²) in [5.74, 6) is 0.530. The smallest absolute Gasteiger partial charge is 0.143 e. The fourth-order valence-electron chi connectivity index (χ4n) is 9.14. The molecule has 3 heteroatoms. The van der Waals surface area contributed by atoms with Crippen molar-refractivity contribution < 1.29 is 4.42 Å². The molecule has 8 aromatic carbocycles. The molecule has 1 saturated carbocycles. The lowest BCUT2D eigenvalue weighted by molar-refractivity contribution is 0.444. The van der Waals surface area contributed by atoms with Crippen LogP contribution >= 0.6 is 0 Å². The van der Waals surface area contributed by atoms with E-state index in [-0.39, 0.29) is 0 Å². The highest BCUT2D eigenvalue weighted by molar-refractivity contribution is 6.23. The number of furan rings is 1. The Morgan fingerprint density at radius 2 is 1.06 bits per heavy atom. The Morgan fingerprint density at radius 1 is 0.453 bits per heavy atom. The van der Waals surface area contributed by atoms with Crippen molar-refractivity contribution in [3.8, 4) is 33.5 Å². The molecule has 0 bridgehead atoms. The monoisotopic (exact) mass is 680 g/mol. The Hall–Kier alpha value is -6.32. The lowest BCUT2D eigenvalue weighted by Gasteiger charge is -2.23. The molecule has 53 heavy (non-hydrogen) atoms. The second kappa shape index (κ2) is 12.1. The SMILES string of the molecule is c1cc(-c2cccc(-c3cccc4c3oc3c(C5CCCCC5)c5ccccc5cc34)c2)cc(-c2cnc3c4ccccc4c4ccccc4c3n2)c1. The average molecular weight is 681 g/mol. The zero-order chi connectivity index (χ0) is 34.9. The van der Waals surface area contributed by atoms with Crippen LogP contribution in [0.3, 0.4) is 0 Å². The first-order valence-electron chi connectivity index (χ1n) is 18.9. The van der Waals surface area contributed by atoms with Crippen LogP contribution in [0.4, 0.5) is 0 Å². The van der Waals surface area contributed by atoms with Gasteiger partial charge < -0.3 is 4.42 Å². The summed E-state index contributed by atoms with van der Waals surface area (Å²) in [4.78, 5) is 10.3. The summed E-state index contributed by atoms with van der Waals surface area (Å²) in [5, 5.41) is 9.70. The van der Waals surface area contributed by atoms with Crippen molar-refractivity contribution in [2.45, 2.75) is 38.0 Å². The molecule has 0 unspecified atom stereocenters. The van der Waals surface area contributed by atoms with Crippen molar-refractivity contribution in [1.82, 2.24) is 9.97 Å². The third-order valence-electron chi connectivity index (χ3n) is 11.7. The Bertz CT molecular complexity index is 3020. The summed E-state index contributed by atoms with van der Waals surface area (Å²) in [6.07, 6.45) is 8.29. The Balaban J connectivity index is 1.03. The maximum absolute atomic E-state index is 7.03. The fourth-order valence-corrected chi connectivity index (χ4v) is 9.14. The van der Waals surface area contributed by atoms with Gasteiger partial charge in [0.25, 0.3) is 0 Å². The molecule has 0 radical (unpaired) electrons. The molecule has 1 aliphatic carbocycles. The maximum atomic E-state index is 7.03. The van der Waals surface area contributed by atoms with E-state index in [0.717, 1.165) is 66.5 Å². The van der Waals surface area contributed by atoms with Crippen molar-refractivity contribution in [3.63, 3.8) is 0 Å². The highest BCUT2D eigenvalue weighted by Crippen LogP contribution is 2.46. The van der Waals surface area contributed by atoms with Crippen LogP contribution in [0.15, 0.2) is 156 Å². The molecule has 0 aliphatic heterocycles. The van der Waals surface area contributed by atoms with Crippen LogP contribution in [-0.2, 0) is 0 Å². The fraction of sp³-hybridized carbons (Fsp3) is 0.120. The van der Waals surface area contributed by atoms with Gasteiger partial charge in [0.15, 0.2) is 0 Å². The molecule has 1 fully saturated rings. The Morgan fingerprint density at radius 3 is 1.83 bits per heavy atom. The van der Waals surface area contributed by atoms with E-state index < -0.39 is 0 Å². The summed E-state index contributed by atoms with van der Waals surface area (Å²) in [7, 11) is 0. The first-order chi connectivity index (χ1) is 26.3. The molecule has 2 aromatic heterocycles. The van der Waals surface area contributed by atoms with E-state index in [0.29, 0.717) is 5.92 Å². The molecule has 0 amide bonds. The van der Waals surface area contributed by atoms with E-state index in [1.807, 2.05) is 6.20 Å². The van der Waals surface area contributed by atoms with Crippen LogP contribution < -0.4 is 0 Å². The predicted octanol–water partition coefficient (Wildman–Crippen LogP) is 14.0. The second-order valence-corrected chi connectivity index (χ2v) is 14.7. The minimum absolute atomic E-state index is 0.530. The predicted molar refractivity (Wildman–Crippen MR) is 221 cm³/mol.